The fraction of sp³-hybridized carbons (Fsp3) is 0.455. The molecule has 1 saturated carbocycles. The molecule has 70 valence electrons. The Morgan fingerprint density at radius 3 is 2.38 bits per heavy atom. The zero-order chi connectivity index (χ0) is 9.26. The molecule has 0 heterocycles. The van der Waals surface area contributed by atoms with E-state index < -0.39 is 0 Å². The second-order valence-corrected chi connectivity index (χ2v) is 4.94. The standard InChI is InChI=1S/C11H14OS/c1-8(12)9-2-4-10(5-3-9)13-11-6-7-11/h2-5,8,11-12H,6-7H2,1H3. The maximum Gasteiger partial charge on any atom is 0.0761 e. The molecule has 1 aromatic carbocycles. The minimum Gasteiger partial charge on any atom is -0.389 e. The fourth-order valence-electron chi connectivity index (χ4n) is 1.20. The summed E-state index contributed by atoms with van der Waals surface area (Å²) in [7, 11) is 0. The quantitative estimate of drug-likeness (QED) is 0.798. The predicted octanol–water partition coefficient (Wildman–Crippen LogP) is 2.99. The summed E-state index contributed by atoms with van der Waals surface area (Å²) >= 11 is 1.95. The minimum atomic E-state index is -0.347. The Morgan fingerprint density at radius 1 is 1.31 bits per heavy atom. The van der Waals surface area contributed by atoms with Crippen molar-refractivity contribution in [1.82, 2.24) is 0 Å². The average Bonchev–Trinajstić information content (AvgIpc) is 2.89. The van der Waals surface area contributed by atoms with Gasteiger partial charge in [0.15, 0.2) is 0 Å². The molecule has 0 aliphatic heterocycles. The fourth-order valence-corrected chi connectivity index (χ4v) is 2.25. The van der Waals surface area contributed by atoms with Crippen molar-refractivity contribution in [2.24, 2.45) is 0 Å². The van der Waals surface area contributed by atoms with Gasteiger partial charge < -0.3 is 5.11 Å². The maximum atomic E-state index is 9.30. The Hall–Kier alpha value is -0.470. The van der Waals surface area contributed by atoms with E-state index >= 15 is 0 Å². The first-order valence-electron chi connectivity index (χ1n) is 4.70. The summed E-state index contributed by atoms with van der Waals surface area (Å²) in [6, 6.07) is 8.22. The van der Waals surface area contributed by atoms with Crippen LogP contribution in [0.3, 0.4) is 0 Å². The van der Waals surface area contributed by atoms with E-state index in [1.807, 2.05) is 23.9 Å². The first-order valence-corrected chi connectivity index (χ1v) is 5.58. The monoisotopic (exact) mass is 194 g/mol. The van der Waals surface area contributed by atoms with E-state index in [0.717, 1.165) is 10.8 Å². The highest BCUT2D eigenvalue weighted by Crippen LogP contribution is 2.39. The number of hydrogen-bond donors (Lipinski definition) is 1. The summed E-state index contributed by atoms with van der Waals surface area (Å²) in [5.41, 5.74) is 1.00. The van der Waals surface area contributed by atoms with Gasteiger partial charge in [0.05, 0.1) is 6.10 Å². The van der Waals surface area contributed by atoms with Crippen molar-refractivity contribution in [2.75, 3.05) is 0 Å². The lowest BCUT2D eigenvalue weighted by Crippen LogP contribution is -1.89. The molecule has 0 amide bonds. The highest BCUT2D eigenvalue weighted by Gasteiger charge is 2.22. The van der Waals surface area contributed by atoms with Crippen molar-refractivity contribution >= 4 is 11.8 Å². The van der Waals surface area contributed by atoms with Crippen LogP contribution in [-0.4, -0.2) is 10.4 Å². The number of benzene rings is 1. The van der Waals surface area contributed by atoms with Crippen molar-refractivity contribution in [3.8, 4) is 0 Å². The van der Waals surface area contributed by atoms with Crippen molar-refractivity contribution in [1.29, 1.82) is 0 Å². The van der Waals surface area contributed by atoms with E-state index in [0.29, 0.717) is 0 Å². The third kappa shape index (κ3) is 2.48. The van der Waals surface area contributed by atoms with Crippen molar-refractivity contribution in [2.45, 2.75) is 36.0 Å². The van der Waals surface area contributed by atoms with Gasteiger partial charge in [-0.2, -0.15) is 0 Å². The zero-order valence-corrected chi connectivity index (χ0v) is 8.55. The van der Waals surface area contributed by atoms with E-state index in [2.05, 4.69) is 12.1 Å². The summed E-state index contributed by atoms with van der Waals surface area (Å²) in [6.45, 7) is 1.79. The lowest BCUT2D eigenvalue weighted by Gasteiger charge is -2.05. The Morgan fingerprint density at radius 2 is 1.92 bits per heavy atom. The molecule has 0 radical (unpaired) electrons. The van der Waals surface area contributed by atoms with E-state index in [1.165, 1.54) is 17.7 Å². The largest absolute Gasteiger partial charge is 0.389 e. The van der Waals surface area contributed by atoms with Crippen LogP contribution in [-0.2, 0) is 0 Å². The smallest absolute Gasteiger partial charge is 0.0761 e. The molecule has 1 aliphatic rings. The van der Waals surface area contributed by atoms with Crippen LogP contribution in [0.5, 0.6) is 0 Å². The topological polar surface area (TPSA) is 20.2 Å². The van der Waals surface area contributed by atoms with Crippen LogP contribution in [0, 0.1) is 0 Å². The van der Waals surface area contributed by atoms with Gasteiger partial charge in [0, 0.05) is 10.1 Å². The lowest BCUT2D eigenvalue weighted by atomic mass is 10.1. The predicted molar refractivity (Wildman–Crippen MR) is 56.0 cm³/mol. The van der Waals surface area contributed by atoms with Gasteiger partial charge in [-0.3, -0.25) is 0 Å². The van der Waals surface area contributed by atoms with Crippen molar-refractivity contribution in [3.05, 3.63) is 29.8 Å². The van der Waals surface area contributed by atoms with Crippen LogP contribution >= 0.6 is 11.8 Å². The number of rotatable bonds is 3. The highest BCUT2D eigenvalue weighted by molar-refractivity contribution is 8.00. The summed E-state index contributed by atoms with van der Waals surface area (Å²) in [6.07, 6.45) is 2.38. The number of aliphatic hydroxyl groups excluding tert-OH is 1. The third-order valence-electron chi connectivity index (χ3n) is 2.19. The lowest BCUT2D eigenvalue weighted by molar-refractivity contribution is 0.199. The SMILES string of the molecule is CC(O)c1ccc(SC2CC2)cc1. The molecule has 1 fully saturated rings. The van der Waals surface area contributed by atoms with Crippen LogP contribution in [0.2, 0.25) is 0 Å². The second-order valence-electron chi connectivity index (χ2n) is 3.56. The molecule has 1 atom stereocenters. The molecular formula is C11H14OS. The Kier molecular flexibility index (Phi) is 2.61. The van der Waals surface area contributed by atoms with Gasteiger partial charge in [0.1, 0.15) is 0 Å². The molecule has 0 aromatic heterocycles. The molecule has 13 heavy (non-hydrogen) atoms. The summed E-state index contributed by atoms with van der Waals surface area (Å²) in [5.74, 6) is 0. The van der Waals surface area contributed by atoms with E-state index in [9.17, 15) is 5.11 Å². The van der Waals surface area contributed by atoms with Gasteiger partial charge in [-0.15, -0.1) is 11.8 Å². The molecule has 0 saturated heterocycles. The van der Waals surface area contributed by atoms with Gasteiger partial charge in [-0.1, -0.05) is 12.1 Å². The van der Waals surface area contributed by atoms with E-state index in [1.54, 1.807) is 6.92 Å². The third-order valence-corrected chi connectivity index (χ3v) is 3.54. The number of hydrogen-bond acceptors (Lipinski definition) is 2. The maximum absolute atomic E-state index is 9.30. The van der Waals surface area contributed by atoms with Gasteiger partial charge in [-0.25, -0.2) is 0 Å². The Bertz CT molecular complexity index is 275. The molecular weight excluding hydrogens is 180 g/mol. The zero-order valence-electron chi connectivity index (χ0n) is 7.73. The molecule has 1 unspecified atom stereocenters. The number of aliphatic hydroxyl groups is 1. The molecule has 2 heteroatoms. The molecule has 1 aromatic rings. The number of thioether (sulfide) groups is 1. The Balaban J connectivity index is 2.04. The molecule has 0 spiro atoms. The van der Waals surface area contributed by atoms with E-state index in [-0.39, 0.29) is 6.10 Å². The summed E-state index contributed by atoms with van der Waals surface area (Å²) in [4.78, 5) is 1.33. The normalized spacial score (nSPS) is 18.6. The molecule has 0 bridgehead atoms. The van der Waals surface area contributed by atoms with Crippen LogP contribution in [0.1, 0.15) is 31.4 Å². The molecule has 1 aliphatic carbocycles. The van der Waals surface area contributed by atoms with Gasteiger partial charge in [0.25, 0.3) is 0 Å². The second kappa shape index (κ2) is 3.72. The van der Waals surface area contributed by atoms with Crippen molar-refractivity contribution in [3.63, 3.8) is 0 Å². The summed E-state index contributed by atoms with van der Waals surface area (Å²) < 4.78 is 0. The van der Waals surface area contributed by atoms with Crippen LogP contribution in [0.4, 0.5) is 0 Å². The highest BCUT2D eigenvalue weighted by atomic mass is 32.2. The molecule has 1 nitrogen and oxygen atoms in total. The summed E-state index contributed by atoms with van der Waals surface area (Å²) in [5, 5.41) is 10.2. The van der Waals surface area contributed by atoms with Crippen LogP contribution < -0.4 is 0 Å². The van der Waals surface area contributed by atoms with E-state index in [4.69, 9.17) is 0 Å². The average molecular weight is 194 g/mol. The molecule has 1 N–H and O–H groups in total. The molecule has 2 rings (SSSR count). The minimum absolute atomic E-state index is 0.347. The first-order chi connectivity index (χ1) is 6.25. The van der Waals surface area contributed by atoms with Crippen molar-refractivity contribution < 1.29 is 5.11 Å². The van der Waals surface area contributed by atoms with Gasteiger partial charge >= 0.3 is 0 Å². The Labute approximate surface area is 83.2 Å². The van der Waals surface area contributed by atoms with Crippen LogP contribution in [0.25, 0.3) is 0 Å². The van der Waals surface area contributed by atoms with Gasteiger partial charge in [0.2, 0.25) is 0 Å². The first kappa shape index (κ1) is 9.10. The van der Waals surface area contributed by atoms with Gasteiger partial charge in [-0.05, 0) is 37.5 Å². The van der Waals surface area contributed by atoms with Crippen LogP contribution in [0.15, 0.2) is 29.2 Å².